The van der Waals surface area contributed by atoms with E-state index in [0.717, 1.165) is 18.4 Å². The molecule has 0 aromatic carbocycles. The predicted octanol–water partition coefficient (Wildman–Crippen LogP) is -1.15. The maximum atomic E-state index is 10.8. The van der Waals surface area contributed by atoms with Crippen LogP contribution in [0, 0.1) is 0 Å². The highest BCUT2D eigenvalue weighted by Crippen LogP contribution is 2.03. The molecule has 6 nitrogen and oxygen atoms in total. The lowest BCUT2D eigenvalue weighted by Crippen LogP contribution is -2.33. The second-order valence-corrected chi connectivity index (χ2v) is 4.03. The maximum absolute atomic E-state index is 10.8. The molecule has 1 rings (SSSR count). The summed E-state index contributed by atoms with van der Waals surface area (Å²) in [5.41, 5.74) is 0. The Morgan fingerprint density at radius 1 is 1.31 bits per heavy atom. The normalized spacial score (nSPS) is 17.2. The first-order valence-electron chi connectivity index (χ1n) is 3.28. The third-order valence-corrected chi connectivity index (χ3v) is 1.83. The molecule has 13 heavy (non-hydrogen) atoms. The van der Waals surface area contributed by atoms with Crippen LogP contribution in [0.2, 0.25) is 0 Å². The van der Waals surface area contributed by atoms with E-state index < -0.39 is 28.7 Å². The Morgan fingerprint density at radius 3 is 2.15 bits per heavy atom. The van der Waals surface area contributed by atoms with Crippen molar-refractivity contribution >= 4 is 21.9 Å². The standard InChI is InChI=1S/C6H7NO5S/c1-13(10,11)12-4-7-5(8)2-3-6(7)9/h2-3H,4H2,1H3. The second kappa shape index (κ2) is 3.27. The molecule has 0 aliphatic carbocycles. The molecule has 1 aliphatic rings. The number of imide groups is 1. The zero-order valence-electron chi connectivity index (χ0n) is 6.76. The van der Waals surface area contributed by atoms with E-state index in [-0.39, 0.29) is 0 Å². The van der Waals surface area contributed by atoms with Gasteiger partial charge in [0.1, 0.15) is 6.73 Å². The van der Waals surface area contributed by atoms with Crippen LogP contribution in [-0.2, 0) is 23.9 Å². The molecule has 1 heterocycles. The molecule has 0 saturated heterocycles. The maximum Gasteiger partial charge on any atom is 0.266 e. The minimum atomic E-state index is -3.63. The molecular weight excluding hydrogens is 198 g/mol. The van der Waals surface area contributed by atoms with Gasteiger partial charge in [0, 0.05) is 12.2 Å². The molecule has 0 saturated carbocycles. The molecule has 0 atom stereocenters. The van der Waals surface area contributed by atoms with Gasteiger partial charge in [-0.1, -0.05) is 0 Å². The van der Waals surface area contributed by atoms with Gasteiger partial charge in [-0.3, -0.25) is 9.59 Å². The Morgan fingerprint density at radius 2 is 1.77 bits per heavy atom. The van der Waals surface area contributed by atoms with Crippen LogP contribution in [0.4, 0.5) is 0 Å². The Kier molecular flexibility index (Phi) is 2.48. The Hall–Kier alpha value is -1.21. The minimum absolute atomic E-state index is 0.566. The molecule has 0 radical (unpaired) electrons. The number of hydrogen-bond acceptors (Lipinski definition) is 5. The predicted molar refractivity (Wildman–Crippen MR) is 41.8 cm³/mol. The quantitative estimate of drug-likeness (QED) is 0.429. The fourth-order valence-electron chi connectivity index (χ4n) is 0.707. The lowest BCUT2D eigenvalue weighted by molar-refractivity contribution is -0.139. The lowest BCUT2D eigenvalue weighted by atomic mass is 10.6. The van der Waals surface area contributed by atoms with Gasteiger partial charge in [-0.15, -0.1) is 0 Å². The number of amides is 2. The van der Waals surface area contributed by atoms with Gasteiger partial charge in [0.05, 0.1) is 6.26 Å². The molecule has 0 aromatic heterocycles. The summed E-state index contributed by atoms with van der Waals surface area (Å²) in [5, 5.41) is 0. The van der Waals surface area contributed by atoms with Crippen molar-refractivity contribution < 1.29 is 22.2 Å². The zero-order chi connectivity index (χ0) is 10.1. The van der Waals surface area contributed by atoms with Gasteiger partial charge in [-0.2, -0.15) is 8.42 Å². The first-order chi connectivity index (χ1) is 5.90. The molecule has 0 aromatic rings. The lowest BCUT2D eigenvalue weighted by Gasteiger charge is -2.11. The molecule has 1 aliphatic heterocycles. The first kappa shape index (κ1) is 9.87. The van der Waals surface area contributed by atoms with E-state index in [2.05, 4.69) is 4.18 Å². The van der Waals surface area contributed by atoms with Crippen molar-refractivity contribution in [2.24, 2.45) is 0 Å². The van der Waals surface area contributed by atoms with Crippen LogP contribution in [-0.4, -0.2) is 38.1 Å². The summed E-state index contributed by atoms with van der Waals surface area (Å²) in [7, 11) is -3.63. The van der Waals surface area contributed by atoms with E-state index in [0.29, 0.717) is 4.90 Å². The van der Waals surface area contributed by atoms with E-state index in [4.69, 9.17) is 0 Å². The van der Waals surface area contributed by atoms with Crippen LogP contribution < -0.4 is 0 Å². The van der Waals surface area contributed by atoms with Crippen molar-refractivity contribution in [3.8, 4) is 0 Å². The monoisotopic (exact) mass is 205 g/mol. The summed E-state index contributed by atoms with van der Waals surface area (Å²) >= 11 is 0. The summed E-state index contributed by atoms with van der Waals surface area (Å²) in [6.45, 7) is -0.566. The van der Waals surface area contributed by atoms with Crippen molar-refractivity contribution in [3.63, 3.8) is 0 Å². The van der Waals surface area contributed by atoms with Crippen LogP contribution in [0.25, 0.3) is 0 Å². The van der Waals surface area contributed by atoms with Crippen molar-refractivity contribution in [3.05, 3.63) is 12.2 Å². The second-order valence-electron chi connectivity index (χ2n) is 2.39. The van der Waals surface area contributed by atoms with Gasteiger partial charge in [0.15, 0.2) is 0 Å². The van der Waals surface area contributed by atoms with Crippen molar-refractivity contribution in [2.45, 2.75) is 0 Å². The molecule has 72 valence electrons. The largest absolute Gasteiger partial charge is 0.269 e. The van der Waals surface area contributed by atoms with E-state index in [1.807, 2.05) is 0 Å². The van der Waals surface area contributed by atoms with Gasteiger partial charge >= 0.3 is 0 Å². The number of nitrogens with zero attached hydrogens (tertiary/aromatic N) is 1. The number of rotatable bonds is 3. The van der Waals surface area contributed by atoms with Crippen LogP contribution in [0.3, 0.4) is 0 Å². The zero-order valence-corrected chi connectivity index (χ0v) is 7.58. The fraction of sp³-hybridized carbons (Fsp3) is 0.333. The van der Waals surface area contributed by atoms with Gasteiger partial charge < -0.3 is 0 Å². The average Bonchev–Trinajstić information content (AvgIpc) is 2.27. The molecule has 0 unspecified atom stereocenters. The Balaban J connectivity index is 2.57. The highest BCUT2D eigenvalue weighted by Gasteiger charge is 2.24. The van der Waals surface area contributed by atoms with Crippen molar-refractivity contribution in [2.75, 3.05) is 13.0 Å². The van der Waals surface area contributed by atoms with Gasteiger partial charge in [0.25, 0.3) is 21.9 Å². The number of carbonyl (C=O) groups excluding carboxylic acids is 2. The van der Waals surface area contributed by atoms with Crippen LogP contribution in [0.5, 0.6) is 0 Å². The minimum Gasteiger partial charge on any atom is -0.269 e. The summed E-state index contributed by atoms with van der Waals surface area (Å²) < 4.78 is 25.3. The third-order valence-electron chi connectivity index (χ3n) is 1.30. The molecule has 0 N–H and O–H groups in total. The topological polar surface area (TPSA) is 80.8 Å². The van der Waals surface area contributed by atoms with Gasteiger partial charge in [-0.05, 0) is 0 Å². The van der Waals surface area contributed by atoms with Gasteiger partial charge in [-0.25, -0.2) is 9.08 Å². The molecule has 2 amide bonds. The van der Waals surface area contributed by atoms with E-state index in [9.17, 15) is 18.0 Å². The van der Waals surface area contributed by atoms with E-state index >= 15 is 0 Å². The third kappa shape index (κ3) is 2.63. The van der Waals surface area contributed by atoms with Crippen molar-refractivity contribution in [1.29, 1.82) is 0 Å². The molecular formula is C6H7NO5S. The van der Waals surface area contributed by atoms with Crippen LogP contribution >= 0.6 is 0 Å². The molecule has 0 fully saturated rings. The SMILES string of the molecule is CS(=O)(=O)OCN1C(=O)C=CC1=O. The Labute approximate surface area is 74.9 Å². The highest BCUT2D eigenvalue weighted by molar-refractivity contribution is 7.85. The number of hydrogen-bond donors (Lipinski definition) is 0. The average molecular weight is 205 g/mol. The summed E-state index contributed by atoms with van der Waals surface area (Å²) in [6.07, 6.45) is 2.94. The van der Waals surface area contributed by atoms with E-state index in [1.54, 1.807) is 0 Å². The number of carbonyl (C=O) groups is 2. The summed E-state index contributed by atoms with van der Waals surface area (Å²) in [6, 6.07) is 0. The fourth-order valence-corrected chi connectivity index (χ4v) is 1.00. The summed E-state index contributed by atoms with van der Waals surface area (Å²) in [5.74, 6) is -1.15. The molecule has 7 heteroatoms. The van der Waals surface area contributed by atoms with Crippen LogP contribution in [0.1, 0.15) is 0 Å². The van der Waals surface area contributed by atoms with Crippen LogP contribution in [0.15, 0.2) is 12.2 Å². The van der Waals surface area contributed by atoms with Gasteiger partial charge in [0.2, 0.25) is 0 Å². The molecule has 0 spiro atoms. The smallest absolute Gasteiger partial charge is 0.266 e. The van der Waals surface area contributed by atoms with Crippen molar-refractivity contribution in [1.82, 2.24) is 4.90 Å². The molecule has 0 bridgehead atoms. The highest BCUT2D eigenvalue weighted by atomic mass is 32.2. The Bertz CT molecular complexity index is 350. The van der Waals surface area contributed by atoms with E-state index in [1.165, 1.54) is 0 Å². The first-order valence-corrected chi connectivity index (χ1v) is 5.10. The summed E-state index contributed by atoms with van der Waals surface area (Å²) in [4.78, 5) is 22.4.